The van der Waals surface area contributed by atoms with E-state index in [0.29, 0.717) is 71.4 Å². The molecule has 3 amide bonds. The van der Waals surface area contributed by atoms with Crippen molar-refractivity contribution in [1.29, 1.82) is 0 Å². The highest BCUT2D eigenvalue weighted by Gasteiger charge is 2.41. The highest BCUT2D eigenvalue weighted by Crippen LogP contribution is 2.31. The van der Waals surface area contributed by atoms with Gasteiger partial charge in [0, 0.05) is 32.2 Å². The van der Waals surface area contributed by atoms with Gasteiger partial charge in [-0.3, -0.25) is 19.3 Å². The zero-order valence-electron chi connectivity index (χ0n) is 23.0. The summed E-state index contributed by atoms with van der Waals surface area (Å²) in [5.74, 6) is -1.37. The molecule has 0 radical (unpaired) electrons. The molecule has 12 heteroatoms. The van der Waals surface area contributed by atoms with Crippen molar-refractivity contribution >= 4 is 29.7 Å². The van der Waals surface area contributed by atoms with E-state index in [-0.39, 0.29) is 29.9 Å². The lowest BCUT2D eigenvalue weighted by molar-refractivity contribution is -0.121. The number of hydrogen-bond donors (Lipinski definition) is 3. The quantitative estimate of drug-likeness (QED) is 0.102. The third kappa shape index (κ3) is 11.0. The van der Waals surface area contributed by atoms with Crippen LogP contribution in [0.15, 0.2) is 18.2 Å². The summed E-state index contributed by atoms with van der Waals surface area (Å²) in [4.78, 5) is 50.1. The number of rotatable bonds is 23. The van der Waals surface area contributed by atoms with Crippen LogP contribution in [0.1, 0.15) is 46.9 Å². The molecule has 0 aromatic heterocycles. The van der Waals surface area contributed by atoms with Gasteiger partial charge in [0.05, 0.1) is 70.0 Å². The number of nitrogens with one attached hydrogen (secondary N) is 3. The summed E-state index contributed by atoms with van der Waals surface area (Å²) >= 11 is 0. The van der Waals surface area contributed by atoms with Gasteiger partial charge >= 0.3 is 0 Å². The predicted octanol–water partition coefficient (Wildman–Crippen LogP) is 0.854. The fourth-order valence-electron chi connectivity index (χ4n) is 3.88. The summed E-state index contributed by atoms with van der Waals surface area (Å²) in [5.41, 5.74) is 0.933. The number of fused-ring (bicyclic) bond motifs is 1. The van der Waals surface area contributed by atoms with E-state index in [1.165, 1.54) is 7.05 Å². The van der Waals surface area contributed by atoms with Gasteiger partial charge in [-0.05, 0) is 31.5 Å². The first-order valence-corrected chi connectivity index (χ1v) is 13.5. The molecule has 0 aliphatic carbocycles. The second-order valence-corrected chi connectivity index (χ2v) is 8.75. The lowest BCUT2D eigenvalue weighted by Gasteiger charge is -2.21. The Morgan fingerprint density at radius 3 is 2.10 bits per heavy atom. The molecule has 0 spiro atoms. The van der Waals surface area contributed by atoms with E-state index in [0.717, 1.165) is 24.4 Å². The van der Waals surface area contributed by atoms with Crippen molar-refractivity contribution in [3.63, 3.8) is 0 Å². The maximum Gasteiger partial charge on any atom is 0.264 e. The standard InChI is InChI=1S/C27H42N4O8/c1-3-9-29-10-12-36-14-16-38-18-19-39-17-15-37-13-11-30-23-6-4-5-22-25(23)27(35)31(26(22)34)21(20-32)7-8-24(33)28-2/h4-6,20-21,29-30H,3,7-19H2,1-2H3,(H,28,33). The largest absolute Gasteiger partial charge is 0.382 e. The molecule has 218 valence electrons. The van der Waals surface area contributed by atoms with Gasteiger partial charge in [-0.1, -0.05) is 13.0 Å². The van der Waals surface area contributed by atoms with Gasteiger partial charge in [0.25, 0.3) is 11.8 Å². The Kier molecular flexibility index (Phi) is 15.9. The molecular formula is C27H42N4O8. The van der Waals surface area contributed by atoms with E-state index >= 15 is 0 Å². The highest BCUT2D eigenvalue weighted by atomic mass is 16.6. The highest BCUT2D eigenvalue weighted by molar-refractivity contribution is 6.24. The number of hydrogen-bond acceptors (Lipinski definition) is 10. The SMILES string of the molecule is CCCNCCOCCOCCOCCOCCNc1cccc2c1C(=O)N(C(C=O)CCC(=O)NC)C2=O. The zero-order valence-corrected chi connectivity index (χ0v) is 23.0. The van der Waals surface area contributed by atoms with Crippen molar-refractivity contribution in [3.05, 3.63) is 29.3 Å². The molecule has 1 heterocycles. The Morgan fingerprint density at radius 2 is 1.51 bits per heavy atom. The Labute approximate surface area is 230 Å². The third-order valence-electron chi connectivity index (χ3n) is 5.91. The molecule has 1 aromatic rings. The van der Waals surface area contributed by atoms with E-state index in [9.17, 15) is 19.2 Å². The normalized spacial score (nSPS) is 13.4. The minimum Gasteiger partial charge on any atom is -0.382 e. The monoisotopic (exact) mass is 550 g/mol. The zero-order chi connectivity index (χ0) is 28.3. The topological polar surface area (TPSA) is 145 Å². The van der Waals surface area contributed by atoms with Crippen molar-refractivity contribution in [3.8, 4) is 0 Å². The molecule has 1 aliphatic heterocycles. The Hall–Kier alpha value is -2.90. The molecule has 0 saturated heterocycles. The van der Waals surface area contributed by atoms with Crippen LogP contribution < -0.4 is 16.0 Å². The molecular weight excluding hydrogens is 508 g/mol. The van der Waals surface area contributed by atoms with E-state index in [4.69, 9.17) is 18.9 Å². The molecule has 39 heavy (non-hydrogen) atoms. The molecule has 1 atom stereocenters. The summed E-state index contributed by atoms with van der Waals surface area (Å²) in [6.45, 7) is 8.28. The number of amides is 3. The van der Waals surface area contributed by atoms with Crippen molar-refractivity contribution in [2.75, 3.05) is 84.9 Å². The number of carbonyl (C=O) groups is 4. The summed E-state index contributed by atoms with van der Waals surface area (Å²) in [7, 11) is 1.48. The summed E-state index contributed by atoms with van der Waals surface area (Å²) in [6.07, 6.45) is 1.73. The number of imide groups is 1. The first-order chi connectivity index (χ1) is 19.0. The average molecular weight is 551 g/mol. The lowest BCUT2D eigenvalue weighted by atomic mass is 10.1. The second kappa shape index (κ2) is 19.2. The van der Waals surface area contributed by atoms with Gasteiger partial charge in [-0.2, -0.15) is 0 Å². The van der Waals surface area contributed by atoms with Gasteiger partial charge in [-0.25, -0.2) is 0 Å². The van der Waals surface area contributed by atoms with Crippen LogP contribution in [0.5, 0.6) is 0 Å². The van der Waals surface area contributed by atoms with Crippen LogP contribution in [0.2, 0.25) is 0 Å². The van der Waals surface area contributed by atoms with Crippen LogP contribution in [-0.4, -0.2) is 114 Å². The fraction of sp³-hybridized carbons (Fsp3) is 0.630. The Bertz CT molecular complexity index is 914. The number of benzene rings is 1. The van der Waals surface area contributed by atoms with Crippen molar-refractivity contribution in [2.24, 2.45) is 0 Å². The molecule has 0 bridgehead atoms. The van der Waals surface area contributed by atoms with Crippen LogP contribution in [0, 0.1) is 0 Å². The minimum atomic E-state index is -1.01. The van der Waals surface area contributed by atoms with Gasteiger partial charge in [-0.15, -0.1) is 0 Å². The molecule has 2 rings (SSSR count). The minimum absolute atomic E-state index is 0.0266. The average Bonchev–Trinajstić information content (AvgIpc) is 3.20. The van der Waals surface area contributed by atoms with Crippen LogP contribution in [-0.2, 0) is 28.5 Å². The maximum absolute atomic E-state index is 13.1. The third-order valence-corrected chi connectivity index (χ3v) is 5.91. The van der Waals surface area contributed by atoms with Crippen LogP contribution in [0.4, 0.5) is 5.69 Å². The van der Waals surface area contributed by atoms with Gasteiger partial charge in [0.15, 0.2) is 0 Å². The molecule has 0 fully saturated rings. The summed E-state index contributed by atoms with van der Waals surface area (Å²) < 4.78 is 22.0. The van der Waals surface area contributed by atoms with E-state index in [1.807, 2.05) is 0 Å². The molecule has 1 aliphatic rings. The first-order valence-electron chi connectivity index (χ1n) is 13.5. The van der Waals surface area contributed by atoms with Gasteiger partial charge in [0.2, 0.25) is 5.91 Å². The van der Waals surface area contributed by atoms with E-state index in [2.05, 4.69) is 22.9 Å². The smallest absolute Gasteiger partial charge is 0.264 e. The fourth-order valence-corrected chi connectivity index (χ4v) is 3.88. The predicted molar refractivity (Wildman–Crippen MR) is 145 cm³/mol. The molecule has 1 aromatic carbocycles. The maximum atomic E-state index is 13.1. The van der Waals surface area contributed by atoms with Crippen molar-refractivity contribution in [1.82, 2.24) is 15.5 Å². The Balaban J connectivity index is 1.61. The van der Waals surface area contributed by atoms with Crippen molar-refractivity contribution in [2.45, 2.75) is 32.2 Å². The van der Waals surface area contributed by atoms with E-state index < -0.39 is 17.9 Å². The molecule has 1 unspecified atom stereocenters. The summed E-state index contributed by atoms with van der Waals surface area (Å²) in [5, 5.41) is 8.86. The number of aldehydes is 1. The summed E-state index contributed by atoms with van der Waals surface area (Å²) in [6, 6.07) is 3.91. The number of carbonyl (C=O) groups excluding carboxylic acids is 4. The number of nitrogens with zero attached hydrogens (tertiary/aromatic N) is 1. The number of ether oxygens (including phenoxy) is 4. The number of anilines is 1. The van der Waals surface area contributed by atoms with E-state index in [1.54, 1.807) is 18.2 Å². The van der Waals surface area contributed by atoms with Crippen LogP contribution in [0.3, 0.4) is 0 Å². The van der Waals surface area contributed by atoms with Crippen LogP contribution >= 0.6 is 0 Å². The lowest BCUT2D eigenvalue weighted by Crippen LogP contribution is -2.41. The molecule has 12 nitrogen and oxygen atoms in total. The van der Waals surface area contributed by atoms with Crippen molar-refractivity contribution < 1.29 is 38.1 Å². The van der Waals surface area contributed by atoms with Gasteiger partial charge in [0.1, 0.15) is 6.29 Å². The molecule has 3 N–H and O–H groups in total. The molecule has 0 saturated carbocycles. The Morgan fingerprint density at radius 1 is 0.897 bits per heavy atom. The first kappa shape index (κ1) is 32.3. The second-order valence-electron chi connectivity index (χ2n) is 8.75. The van der Waals surface area contributed by atoms with Crippen LogP contribution in [0.25, 0.3) is 0 Å². The van der Waals surface area contributed by atoms with Gasteiger partial charge < -0.3 is 39.7 Å².